The molecule has 0 spiro atoms. The first-order chi connectivity index (χ1) is 14.4. The summed E-state index contributed by atoms with van der Waals surface area (Å²) in [6, 6.07) is 6.86. The molecule has 10 heteroatoms. The number of aromatic nitrogens is 2. The number of alkyl halides is 3. The number of aliphatic imine (C=N–C) groups is 1. The predicted molar refractivity (Wildman–Crippen MR) is 127 cm³/mol. The maximum absolute atomic E-state index is 13.0. The second-order valence-corrected chi connectivity index (χ2v) is 7.46. The highest BCUT2D eigenvalue weighted by Crippen LogP contribution is 2.25. The summed E-state index contributed by atoms with van der Waals surface area (Å²) in [7, 11) is 0. The summed E-state index contributed by atoms with van der Waals surface area (Å²) in [5.74, 6) is 0.749. The van der Waals surface area contributed by atoms with Gasteiger partial charge in [0.1, 0.15) is 6.04 Å². The average Bonchev–Trinajstić information content (AvgIpc) is 3.24. The Morgan fingerprint density at radius 1 is 1.13 bits per heavy atom. The molecule has 0 saturated carbocycles. The van der Waals surface area contributed by atoms with Crippen molar-refractivity contribution in [2.24, 2.45) is 4.99 Å². The zero-order chi connectivity index (χ0) is 21.6. The second-order valence-electron chi connectivity index (χ2n) is 7.46. The number of piperazine rings is 1. The van der Waals surface area contributed by atoms with Gasteiger partial charge in [-0.05, 0) is 25.0 Å². The SMILES string of the molecule is CCNC(=NCc1ccc(Cn2ccnc2)cc1)N1CCN(C(C)C(F)(F)F)CC1.I. The summed E-state index contributed by atoms with van der Waals surface area (Å²) in [6.07, 6.45) is 1.28. The van der Waals surface area contributed by atoms with Crippen molar-refractivity contribution >= 4 is 29.9 Å². The molecule has 1 aromatic heterocycles. The van der Waals surface area contributed by atoms with Gasteiger partial charge in [-0.1, -0.05) is 24.3 Å². The molecule has 1 saturated heterocycles. The van der Waals surface area contributed by atoms with Crippen molar-refractivity contribution in [3.8, 4) is 0 Å². The van der Waals surface area contributed by atoms with Gasteiger partial charge in [0.2, 0.25) is 0 Å². The molecule has 6 nitrogen and oxygen atoms in total. The highest BCUT2D eigenvalue weighted by Gasteiger charge is 2.41. The first-order valence-electron chi connectivity index (χ1n) is 10.2. The number of nitrogens with zero attached hydrogens (tertiary/aromatic N) is 5. The number of guanidine groups is 1. The van der Waals surface area contributed by atoms with Crippen molar-refractivity contribution in [3.63, 3.8) is 0 Å². The summed E-state index contributed by atoms with van der Waals surface area (Å²) >= 11 is 0. The fourth-order valence-corrected chi connectivity index (χ4v) is 3.46. The lowest BCUT2D eigenvalue weighted by Gasteiger charge is -2.39. The van der Waals surface area contributed by atoms with Crippen molar-refractivity contribution in [1.82, 2.24) is 24.7 Å². The summed E-state index contributed by atoms with van der Waals surface area (Å²) in [6.45, 7) is 7.00. The average molecular weight is 550 g/mol. The fraction of sp³-hybridized carbons (Fsp3) is 0.524. The third-order valence-electron chi connectivity index (χ3n) is 5.33. The normalized spacial score (nSPS) is 16.7. The van der Waals surface area contributed by atoms with Crippen molar-refractivity contribution in [2.45, 2.75) is 39.2 Å². The lowest BCUT2D eigenvalue weighted by Crippen LogP contribution is -2.56. The van der Waals surface area contributed by atoms with Crippen molar-refractivity contribution in [2.75, 3.05) is 32.7 Å². The molecule has 0 radical (unpaired) electrons. The van der Waals surface area contributed by atoms with Crippen LogP contribution >= 0.6 is 24.0 Å². The molecule has 0 bridgehead atoms. The summed E-state index contributed by atoms with van der Waals surface area (Å²) in [5.41, 5.74) is 2.27. The van der Waals surface area contributed by atoms with E-state index in [0.29, 0.717) is 39.3 Å². The van der Waals surface area contributed by atoms with Crippen LogP contribution in [-0.2, 0) is 13.1 Å². The third-order valence-corrected chi connectivity index (χ3v) is 5.33. The van der Waals surface area contributed by atoms with Gasteiger partial charge >= 0.3 is 6.18 Å². The summed E-state index contributed by atoms with van der Waals surface area (Å²) < 4.78 is 40.9. The third kappa shape index (κ3) is 7.37. The topological polar surface area (TPSA) is 48.7 Å². The Morgan fingerprint density at radius 2 is 1.77 bits per heavy atom. The number of benzene rings is 1. The van der Waals surface area contributed by atoms with E-state index in [9.17, 15) is 13.2 Å². The zero-order valence-corrected chi connectivity index (χ0v) is 20.2. The minimum atomic E-state index is -4.19. The van der Waals surface area contributed by atoms with E-state index in [1.54, 1.807) is 12.5 Å². The molecule has 1 N–H and O–H groups in total. The van der Waals surface area contributed by atoms with E-state index in [2.05, 4.69) is 34.6 Å². The van der Waals surface area contributed by atoms with Crippen LogP contribution in [0.5, 0.6) is 0 Å². The van der Waals surface area contributed by atoms with Crippen molar-refractivity contribution in [1.29, 1.82) is 0 Å². The molecule has 172 valence electrons. The summed E-state index contributed by atoms with van der Waals surface area (Å²) in [5, 5.41) is 3.26. The number of hydrogen-bond donors (Lipinski definition) is 1. The molecule has 2 heterocycles. The van der Waals surface area contributed by atoms with Crippen LogP contribution in [0.4, 0.5) is 13.2 Å². The van der Waals surface area contributed by atoms with Gasteiger partial charge in [-0.25, -0.2) is 9.98 Å². The van der Waals surface area contributed by atoms with E-state index >= 15 is 0 Å². The zero-order valence-electron chi connectivity index (χ0n) is 17.8. The van der Waals surface area contributed by atoms with Gasteiger partial charge in [0.15, 0.2) is 5.96 Å². The highest BCUT2D eigenvalue weighted by molar-refractivity contribution is 14.0. The monoisotopic (exact) mass is 550 g/mol. The van der Waals surface area contributed by atoms with Crippen LogP contribution in [-0.4, -0.2) is 70.3 Å². The first-order valence-corrected chi connectivity index (χ1v) is 10.2. The molecular formula is C21H30F3IN6. The molecular weight excluding hydrogens is 520 g/mol. The van der Waals surface area contributed by atoms with Crippen molar-refractivity contribution in [3.05, 3.63) is 54.1 Å². The molecule has 3 rings (SSSR count). The van der Waals surface area contributed by atoms with E-state index in [-0.39, 0.29) is 24.0 Å². The molecule has 31 heavy (non-hydrogen) atoms. The smallest absolute Gasteiger partial charge is 0.357 e. The van der Waals surface area contributed by atoms with E-state index in [1.165, 1.54) is 17.4 Å². The minimum absolute atomic E-state index is 0. The van der Waals surface area contributed by atoms with Gasteiger partial charge in [-0.15, -0.1) is 24.0 Å². The van der Waals surface area contributed by atoms with E-state index in [0.717, 1.165) is 18.1 Å². The number of hydrogen-bond acceptors (Lipinski definition) is 3. The Balaban J connectivity index is 0.00000341. The quantitative estimate of drug-likeness (QED) is 0.340. The largest absolute Gasteiger partial charge is 0.403 e. The Hall–Kier alpha value is -1.82. The number of halogens is 4. The number of nitrogens with one attached hydrogen (secondary N) is 1. The standard InChI is InChI=1S/C21H29F3N6.HI/c1-3-26-20(30-12-10-29(11-13-30)17(2)21(22,23)24)27-14-18-4-6-19(7-5-18)15-28-9-8-25-16-28;/h4-9,16-17H,3,10-15H2,1-2H3,(H,26,27);1H. The van der Waals surface area contributed by atoms with Gasteiger partial charge in [-0.2, -0.15) is 13.2 Å². The van der Waals surface area contributed by atoms with Crippen LogP contribution in [0.2, 0.25) is 0 Å². The molecule has 0 amide bonds. The lowest BCUT2D eigenvalue weighted by atomic mass is 10.1. The van der Waals surface area contributed by atoms with E-state index in [4.69, 9.17) is 4.99 Å². The van der Waals surface area contributed by atoms with Gasteiger partial charge in [0, 0.05) is 51.7 Å². The second kappa shape index (κ2) is 11.7. The van der Waals surface area contributed by atoms with Crippen molar-refractivity contribution < 1.29 is 13.2 Å². The highest BCUT2D eigenvalue weighted by atomic mass is 127. The van der Waals surface area contributed by atoms with Crippen LogP contribution in [0.15, 0.2) is 48.0 Å². The number of imidazole rings is 1. The maximum Gasteiger partial charge on any atom is 0.403 e. The molecule has 1 atom stereocenters. The molecule has 1 unspecified atom stereocenters. The van der Waals surface area contributed by atoms with E-state index < -0.39 is 12.2 Å². The van der Waals surface area contributed by atoms with Crippen LogP contribution in [0.3, 0.4) is 0 Å². The van der Waals surface area contributed by atoms with Gasteiger partial charge in [-0.3, -0.25) is 4.90 Å². The molecule has 0 aliphatic carbocycles. The minimum Gasteiger partial charge on any atom is -0.357 e. The van der Waals surface area contributed by atoms with Crippen LogP contribution in [0.1, 0.15) is 25.0 Å². The van der Waals surface area contributed by atoms with Gasteiger partial charge in [0.25, 0.3) is 0 Å². The summed E-state index contributed by atoms with van der Waals surface area (Å²) in [4.78, 5) is 12.3. The van der Waals surface area contributed by atoms with Crippen LogP contribution in [0.25, 0.3) is 0 Å². The Labute approximate surface area is 198 Å². The molecule has 2 aromatic rings. The molecule has 1 aliphatic rings. The van der Waals surface area contributed by atoms with Gasteiger partial charge < -0.3 is 14.8 Å². The van der Waals surface area contributed by atoms with Gasteiger partial charge in [0.05, 0.1) is 12.9 Å². The predicted octanol–water partition coefficient (Wildman–Crippen LogP) is 3.58. The van der Waals surface area contributed by atoms with Crippen LogP contribution in [0, 0.1) is 0 Å². The Kier molecular flexibility index (Phi) is 9.60. The fourth-order valence-electron chi connectivity index (χ4n) is 3.46. The van der Waals surface area contributed by atoms with E-state index in [1.807, 2.05) is 22.6 Å². The molecule has 1 aliphatic heterocycles. The molecule has 1 aromatic carbocycles. The van der Waals surface area contributed by atoms with Crippen LogP contribution < -0.4 is 5.32 Å². The Bertz CT molecular complexity index is 800. The lowest BCUT2D eigenvalue weighted by molar-refractivity contribution is -0.181. The molecule has 1 fully saturated rings. The maximum atomic E-state index is 13.0. The number of rotatable bonds is 6. The first kappa shape index (κ1) is 25.4. The Morgan fingerprint density at radius 3 is 2.32 bits per heavy atom.